The highest BCUT2D eigenvalue weighted by Crippen LogP contribution is 2.14. The maximum Gasteiger partial charge on any atom is -0.00465 e. The molecule has 1 nitrogen and oxygen atoms in total. The molecule has 0 radical (unpaired) electrons. The first-order valence-electron chi connectivity index (χ1n) is 5.54. The molecule has 1 rings (SSSR count). The van der Waals surface area contributed by atoms with E-state index >= 15 is 0 Å². The van der Waals surface area contributed by atoms with E-state index in [1.807, 2.05) is 0 Å². The van der Waals surface area contributed by atoms with Crippen molar-refractivity contribution >= 4 is 11.3 Å². The Kier molecular flexibility index (Phi) is 5.88. The Morgan fingerprint density at radius 1 is 1.43 bits per heavy atom. The summed E-state index contributed by atoms with van der Waals surface area (Å²) in [5.74, 6) is 0.842. The van der Waals surface area contributed by atoms with Crippen LogP contribution in [0.2, 0.25) is 0 Å². The van der Waals surface area contributed by atoms with E-state index in [9.17, 15) is 0 Å². The average Bonchev–Trinajstić information content (AvgIpc) is 2.68. The van der Waals surface area contributed by atoms with Crippen molar-refractivity contribution in [2.75, 3.05) is 13.1 Å². The third-order valence-corrected chi connectivity index (χ3v) is 3.30. The van der Waals surface area contributed by atoms with Gasteiger partial charge in [-0.3, -0.25) is 0 Å². The smallest absolute Gasteiger partial charge is 0.00465 e. The van der Waals surface area contributed by atoms with E-state index in [4.69, 9.17) is 0 Å². The quantitative estimate of drug-likeness (QED) is 0.682. The summed E-state index contributed by atoms with van der Waals surface area (Å²) in [6.07, 6.45) is 3.87. The van der Waals surface area contributed by atoms with E-state index in [2.05, 4.69) is 36.0 Å². The highest BCUT2D eigenvalue weighted by molar-refractivity contribution is 7.07. The summed E-state index contributed by atoms with van der Waals surface area (Å²) >= 11 is 1.80. The second-order valence-corrected chi connectivity index (χ2v) is 4.70. The molecule has 0 amide bonds. The van der Waals surface area contributed by atoms with Crippen LogP contribution in [0.25, 0.3) is 0 Å². The van der Waals surface area contributed by atoms with Crippen molar-refractivity contribution in [1.82, 2.24) is 5.32 Å². The molecule has 1 N–H and O–H groups in total. The molecule has 0 aromatic carbocycles. The second-order valence-electron chi connectivity index (χ2n) is 3.92. The third-order valence-electron chi connectivity index (χ3n) is 2.57. The molecule has 80 valence electrons. The number of thiophene rings is 1. The summed E-state index contributed by atoms with van der Waals surface area (Å²) in [5.41, 5.74) is 1.50. The van der Waals surface area contributed by atoms with Gasteiger partial charge in [0.05, 0.1) is 0 Å². The minimum atomic E-state index is 0.842. The van der Waals surface area contributed by atoms with Gasteiger partial charge < -0.3 is 5.32 Å². The molecule has 14 heavy (non-hydrogen) atoms. The Morgan fingerprint density at radius 3 is 2.93 bits per heavy atom. The monoisotopic (exact) mass is 211 g/mol. The van der Waals surface area contributed by atoms with Crippen molar-refractivity contribution in [2.24, 2.45) is 5.92 Å². The van der Waals surface area contributed by atoms with Crippen LogP contribution in [0, 0.1) is 5.92 Å². The minimum absolute atomic E-state index is 0.842. The number of aryl methyl sites for hydroxylation is 1. The van der Waals surface area contributed by atoms with Crippen molar-refractivity contribution in [1.29, 1.82) is 0 Å². The Morgan fingerprint density at radius 2 is 2.29 bits per heavy atom. The Hall–Kier alpha value is -0.340. The summed E-state index contributed by atoms with van der Waals surface area (Å²) in [6.45, 7) is 6.78. The fourth-order valence-electron chi connectivity index (χ4n) is 1.52. The SMILES string of the molecule is CCNCCC(C)CCc1ccsc1. The summed E-state index contributed by atoms with van der Waals surface area (Å²) in [4.78, 5) is 0. The van der Waals surface area contributed by atoms with Gasteiger partial charge in [-0.25, -0.2) is 0 Å². The molecular weight excluding hydrogens is 190 g/mol. The van der Waals surface area contributed by atoms with Crippen molar-refractivity contribution in [3.05, 3.63) is 22.4 Å². The molecule has 0 bridgehead atoms. The normalized spacial score (nSPS) is 13.0. The van der Waals surface area contributed by atoms with Crippen molar-refractivity contribution < 1.29 is 0 Å². The summed E-state index contributed by atoms with van der Waals surface area (Å²) in [6, 6.07) is 2.24. The lowest BCUT2D eigenvalue weighted by Crippen LogP contribution is -2.16. The lowest BCUT2D eigenvalue weighted by Gasteiger charge is -2.10. The molecule has 0 saturated carbocycles. The molecule has 0 aliphatic rings. The van der Waals surface area contributed by atoms with Crippen LogP contribution < -0.4 is 5.32 Å². The van der Waals surface area contributed by atoms with Crippen LogP contribution in [0.5, 0.6) is 0 Å². The van der Waals surface area contributed by atoms with Crippen molar-refractivity contribution in [2.45, 2.75) is 33.1 Å². The molecule has 1 atom stereocenters. The van der Waals surface area contributed by atoms with Gasteiger partial charge >= 0.3 is 0 Å². The van der Waals surface area contributed by atoms with Crippen LogP contribution in [-0.2, 0) is 6.42 Å². The van der Waals surface area contributed by atoms with Gasteiger partial charge in [0.15, 0.2) is 0 Å². The van der Waals surface area contributed by atoms with E-state index in [1.54, 1.807) is 11.3 Å². The first-order valence-corrected chi connectivity index (χ1v) is 6.49. The molecule has 0 aliphatic heterocycles. The summed E-state index contributed by atoms with van der Waals surface area (Å²) in [7, 11) is 0. The summed E-state index contributed by atoms with van der Waals surface area (Å²) < 4.78 is 0. The third kappa shape index (κ3) is 4.77. The van der Waals surface area contributed by atoms with E-state index < -0.39 is 0 Å². The minimum Gasteiger partial charge on any atom is -0.317 e. The second kappa shape index (κ2) is 7.02. The van der Waals surface area contributed by atoms with Crippen molar-refractivity contribution in [3.63, 3.8) is 0 Å². The fraction of sp³-hybridized carbons (Fsp3) is 0.667. The van der Waals surface area contributed by atoms with Gasteiger partial charge in [0.1, 0.15) is 0 Å². The van der Waals surface area contributed by atoms with Gasteiger partial charge in [-0.15, -0.1) is 0 Å². The van der Waals surface area contributed by atoms with E-state index in [-0.39, 0.29) is 0 Å². The lowest BCUT2D eigenvalue weighted by molar-refractivity contribution is 0.474. The maximum atomic E-state index is 3.37. The van der Waals surface area contributed by atoms with Gasteiger partial charge in [-0.05, 0) is 60.7 Å². The summed E-state index contributed by atoms with van der Waals surface area (Å²) in [5, 5.41) is 7.80. The standard InChI is InChI=1S/C12H21NS/c1-3-13-8-6-11(2)4-5-12-7-9-14-10-12/h7,9-11,13H,3-6,8H2,1-2H3. The topological polar surface area (TPSA) is 12.0 Å². The highest BCUT2D eigenvalue weighted by atomic mass is 32.1. The zero-order chi connectivity index (χ0) is 10.2. The van der Waals surface area contributed by atoms with Crippen LogP contribution >= 0.6 is 11.3 Å². The molecule has 0 saturated heterocycles. The molecule has 0 aliphatic carbocycles. The van der Waals surface area contributed by atoms with Crippen LogP contribution in [0.4, 0.5) is 0 Å². The molecule has 0 spiro atoms. The van der Waals surface area contributed by atoms with Crippen LogP contribution in [0.15, 0.2) is 16.8 Å². The first kappa shape index (κ1) is 11.7. The van der Waals surface area contributed by atoms with E-state index in [1.165, 1.54) is 31.4 Å². The molecule has 1 heterocycles. The number of nitrogens with one attached hydrogen (secondary N) is 1. The zero-order valence-corrected chi connectivity index (χ0v) is 10.1. The fourth-order valence-corrected chi connectivity index (χ4v) is 2.22. The number of hydrogen-bond acceptors (Lipinski definition) is 2. The van der Waals surface area contributed by atoms with Crippen LogP contribution in [0.1, 0.15) is 32.3 Å². The Bertz CT molecular complexity index is 218. The van der Waals surface area contributed by atoms with Crippen molar-refractivity contribution in [3.8, 4) is 0 Å². The maximum absolute atomic E-state index is 3.37. The van der Waals surface area contributed by atoms with Gasteiger partial charge in [0, 0.05) is 0 Å². The Balaban J connectivity index is 2.06. The van der Waals surface area contributed by atoms with Gasteiger partial charge in [0.25, 0.3) is 0 Å². The predicted octanol–water partition coefficient (Wildman–Crippen LogP) is 3.32. The lowest BCUT2D eigenvalue weighted by atomic mass is 9.99. The molecule has 1 aromatic rings. The van der Waals surface area contributed by atoms with Crippen LogP contribution in [-0.4, -0.2) is 13.1 Å². The number of hydrogen-bond donors (Lipinski definition) is 1. The number of rotatable bonds is 7. The van der Waals surface area contributed by atoms with E-state index in [0.29, 0.717) is 0 Å². The van der Waals surface area contributed by atoms with Gasteiger partial charge in [0.2, 0.25) is 0 Å². The Labute approximate surface area is 91.5 Å². The first-order chi connectivity index (χ1) is 6.83. The largest absolute Gasteiger partial charge is 0.317 e. The van der Waals surface area contributed by atoms with Gasteiger partial charge in [-0.2, -0.15) is 11.3 Å². The van der Waals surface area contributed by atoms with Crippen LogP contribution in [0.3, 0.4) is 0 Å². The molecular formula is C12H21NS. The van der Waals surface area contributed by atoms with E-state index in [0.717, 1.165) is 12.5 Å². The van der Waals surface area contributed by atoms with Gasteiger partial charge in [-0.1, -0.05) is 13.8 Å². The molecule has 1 aromatic heterocycles. The molecule has 2 heteroatoms. The molecule has 0 fully saturated rings. The zero-order valence-electron chi connectivity index (χ0n) is 9.25. The average molecular weight is 211 g/mol. The molecule has 1 unspecified atom stereocenters. The highest BCUT2D eigenvalue weighted by Gasteiger charge is 2.02. The predicted molar refractivity (Wildman–Crippen MR) is 65.0 cm³/mol.